The third-order valence-electron chi connectivity index (χ3n) is 5.71. The van der Waals surface area contributed by atoms with Crippen LogP contribution < -0.4 is 15.0 Å². The van der Waals surface area contributed by atoms with Crippen LogP contribution in [0.25, 0.3) is 11.3 Å². The molecule has 186 valence electrons. The van der Waals surface area contributed by atoms with Crippen LogP contribution >= 0.6 is 47.8 Å². The van der Waals surface area contributed by atoms with Gasteiger partial charge in [0.05, 0.1) is 46.0 Å². The summed E-state index contributed by atoms with van der Waals surface area (Å²) in [5, 5.41) is 0. The van der Waals surface area contributed by atoms with Crippen molar-refractivity contribution in [3.8, 4) is 22.8 Å². The fourth-order valence-corrected chi connectivity index (χ4v) is 5.86. The van der Waals surface area contributed by atoms with E-state index in [1.807, 2.05) is 30.3 Å². The highest BCUT2D eigenvalue weighted by molar-refractivity contribution is 9.11. The van der Waals surface area contributed by atoms with Gasteiger partial charge in [0.2, 0.25) is 0 Å². The number of aromatic amines is 1. The van der Waals surface area contributed by atoms with E-state index in [4.69, 9.17) is 14.2 Å². The molecule has 4 rings (SSSR count). The lowest BCUT2D eigenvalue weighted by molar-refractivity contribution is 0.0357. The summed E-state index contributed by atoms with van der Waals surface area (Å²) in [6.45, 7) is 5.17. The second kappa shape index (κ2) is 12.5. The van der Waals surface area contributed by atoms with Gasteiger partial charge >= 0.3 is 0 Å². The zero-order valence-corrected chi connectivity index (χ0v) is 24.0. The lowest BCUT2D eigenvalue weighted by Crippen LogP contribution is -2.37. The molecule has 0 atom stereocenters. The Morgan fingerprint density at radius 2 is 1.83 bits per heavy atom. The minimum absolute atomic E-state index is 0.209. The number of morpholine rings is 1. The Morgan fingerprint density at radius 3 is 2.51 bits per heavy atom. The third-order valence-corrected chi connectivity index (χ3v) is 7.51. The second-order valence-electron chi connectivity index (χ2n) is 8.13. The van der Waals surface area contributed by atoms with E-state index in [2.05, 4.69) is 62.7 Å². The third kappa shape index (κ3) is 6.95. The lowest BCUT2D eigenvalue weighted by Gasteiger charge is -2.26. The highest BCUT2D eigenvalue weighted by Gasteiger charge is 2.14. The van der Waals surface area contributed by atoms with Crippen molar-refractivity contribution in [2.45, 2.75) is 12.8 Å². The standard InChI is InChI=1S/C25H26Br3N3O4/c1-33-23-4-3-16(11-18(23)26)12-21-25(32)29-15-22(30-21)17-13-19(27)24(20(28)14-17)35-8-2-5-31-6-9-34-10-7-31/h3-4,11,13-15H,2,5-10,12H2,1H3,(H,29,32). The Bertz CT molecular complexity index is 1210. The number of nitrogens with zero attached hydrogens (tertiary/aromatic N) is 2. The minimum Gasteiger partial charge on any atom is -0.496 e. The van der Waals surface area contributed by atoms with E-state index in [-0.39, 0.29) is 5.56 Å². The average Bonchev–Trinajstić information content (AvgIpc) is 2.85. The summed E-state index contributed by atoms with van der Waals surface area (Å²) in [7, 11) is 1.62. The summed E-state index contributed by atoms with van der Waals surface area (Å²) in [6.07, 6.45) is 2.97. The number of benzene rings is 2. The van der Waals surface area contributed by atoms with Crippen LogP contribution in [-0.2, 0) is 11.2 Å². The van der Waals surface area contributed by atoms with Gasteiger partial charge in [-0.05, 0) is 84.0 Å². The fraction of sp³-hybridized carbons (Fsp3) is 0.360. The van der Waals surface area contributed by atoms with Crippen molar-refractivity contribution in [3.63, 3.8) is 0 Å². The summed E-state index contributed by atoms with van der Waals surface area (Å²) >= 11 is 10.8. The molecule has 10 heteroatoms. The second-order valence-corrected chi connectivity index (χ2v) is 10.7. The summed E-state index contributed by atoms with van der Waals surface area (Å²) in [4.78, 5) is 22.3. The number of hydrogen-bond acceptors (Lipinski definition) is 6. The predicted molar refractivity (Wildman–Crippen MR) is 147 cm³/mol. The molecule has 0 unspecified atom stereocenters. The van der Waals surface area contributed by atoms with Crippen LogP contribution in [0, 0.1) is 0 Å². The number of aromatic nitrogens is 2. The van der Waals surface area contributed by atoms with E-state index in [0.29, 0.717) is 24.4 Å². The largest absolute Gasteiger partial charge is 0.496 e. The van der Waals surface area contributed by atoms with E-state index < -0.39 is 0 Å². The van der Waals surface area contributed by atoms with Crippen LogP contribution in [0.3, 0.4) is 0 Å². The molecule has 0 radical (unpaired) electrons. The first-order valence-electron chi connectivity index (χ1n) is 11.3. The topological polar surface area (TPSA) is 76.7 Å². The normalized spacial score (nSPS) is 14.2. The van der Waals surface area contributed by atoms with Crippen LogP contribution in [0.15, 0.2) is 54.7 Å². The Labute approximate surface area is 229 Å². The first kappa shape index (κ1) is 26.3. The molecule has 1 aliphatic heterocycles. The zero-order valence-electron chi connectivity index (χ0n) is 19.3. The number of methoxy groups -OCH3 is 1. The van der Waals surface area contributed by atoms with Crippen molar-refractivity contribution in [2.24, 2.45) is 0 Å². The van der Waals surface area contributed by atoms with E-state index in [1.54, 1.807) is 13.3 Å². The number of ether oxygens (including phenoxy) is 3. The fourth-order valence-electron chi connectivity index (χ4n) is 3.86. The minimum atomic E-state index is -0.209. The first-order chi connectivity index (χ1) is 16.9. The maximum Gasteiger partial charge on any atom is 0.270 e. The first-order valence-corrected chi connectivity index (χ1v) is 13.7. The monoisotopic (exact) mass is 669 g/mol. The quantitative estimate of drug-likeness (QED) is 0.306. The van der Waals surface area contributed by atoms with Crippen LogP contribution in [0.1, 0.15) is 17.7 Å². The van der Waals surface area contributed by atoms with E-state index in [0.717, 1.165) is 75.3 Å². The number of halogens is 3. The summed E-state index contributed by atoms with van der Waals surface area (Å²) in [5.74, 6) is 1.49. The molecule has 0 amide bonds. The Kier molecular flexibility index (Phi) is 9.40. The van der Waals surface area contributed by atoms with Gasteiger partial charge in [0.1, 0.15) is 17.2 Å². The molecule has 7 nitrogen and oxygen atoms in total. The van der Waals surface area contributed by atoms with Crippen LogP contribution in [0.4, 0.5) is 0 Å². The van der Waals surface area contributed by atoms with E-state index in [1.165, 1.54) is 0 Å². The molecule has 0 bridgehead atoms. The van der Waals surface area contributed by atoms with Crippen molar-refractivity contribution in [1.82, 2.24) is 14.9 Å². The number of rotatable bonds is 9. The van der Waals surface area contributed by atoms with Crippen molar-refractivity contribution in [1.29, 1.82) is 0 Å². The van der Waals surface area contributed by atoms with Crippen molar-refractivity contribution in [3.05, 3.63) is 71.6 Å². The lowest BCUT2D eigenvalue weighted by atomic mass is 10.1. The smallest absolute Gasteiger partial charge is 0.270 e. The Balaban J connectivity index is 1.45. The summed E-state index contributed by atoms with van der Waals surface area (Å²) in [5.41, 5.74) is 2.72. The molecule has 1 saturated heterocycles. The van der Waals surface area contributed by atoms with Crippen molar-refractivity contribution in [2.75, 3.05) is 46.6 Å². The van der Waals surface area contributed by atoms with Crippen LogP contribution in [0.5, 0.6) is 11.5 Å². The molecule has 0 spiro atoms. The van der Waals surface area contributed by atoms with Gasteiger partial charge < -0.3 is 19.2 Å². The molecule has 1 fully saturated rings. The van der Waals surface area contributed by atoms with Gasteiger partial charge in [0.25, 0.3) is 5.56 Å². The number of H-pyrrole nitrogens is 1. The van der Waals surface area contributed by atoms with Crippen LogP contribution in [-0.4, -0.2) is 61.4 Å². The molecule has 0 aliphatic carbocycles. The van der Waals surface area contributed by atoms with Gasteiger partial charge in [0, 0.05) is 37.8 Å². The SMILES string of the molecule is COc1ccc(Cc2nc(-c3cc(Br)c(OCCCN4CCOCC4)c(Br)c3)c[nH]c2=O)cc1Br. The summed E-state index contributed by atoms with van der Waals surface area (Å²) in [6, 6.07) is 9.64. The van der Waals surface area contributed by atoms with Crippen LogP contribution in [0.2, 0.25) is 0 Å². The zero-order chi connectivity index (χ0) is 24.8. The maximum atomic E-state index is 12.5. The Morgan fingerprint density at radius 1 is 1.09 bits per heavy atom. The predicted octanol–water partition coefficient (Wildman–Crippen LogP) is 5.42. The maximum absolute atomic E-state index is 12.5. The number of hydrogen-bond donors (Lipinski definition) is 1. The van der Waals surface area contributed by atoms with Gasteiger partial charge in [-0.25, -0.2) is 4.98 Å². The Hall–Kier alpha value is -1.72. The molecule has 2 aromatic carbocycles. The molecule has 1 aliphatic rings. The molecule has 2 heterocycles. The summed E-state index contributed by atoms with van der Waals surface area (Å²) < 4.78 is 19.2. The van der Waals surface area contributed by atoms with Crippen molar-refractivity contribution < 1.29 is 14.2 Å². The molecular weight excluding hydrogens is 646 g/mol. The highest BCUT2D eigenvalue weighted by atomic mass is 79.9. The number of nitrogens with one attached hydrogen (secondary N) is 1. The van der Waals surface area contributed by atoms with Gasteiger partial charge in [-0.3, -0.25) is 9.69 Å². The van der Waals surface area contributed by atoms with E-state index >= 15 is 0 Å². The molecular formula is C25H26Br3N3O4. The van der Waals surface area contributed by atoms with Gasteiger partial charge in [-0.15, -0.1) is 0 Å². The van der Waals surface area contributed by atoms with Gasteiger partial charge in [-0.2, -0.15) is 0 Å². The average molecular weight is 672 g/mol. The molecule has 0 saturated carbocycles. The molecule has 35 heavy (non-hydrogen) atoms. The van der Waals surface area contributed by atoms with Gasteiger partial charge in [0.15, 0.2) is 0 Å². The molecule has 3 aromatic rings. The molecule has 1 N–H and O–H groups in total. The van der Waals surface area contributed by atoms with E-state index in [9.17, 15) is 4.79 Å². The highest BCUT2D eigenvalue weighted by Crippen LogP contribution is 2.37. The van der Waals surface area contributed by atoms with Gasteiger partial charge in [-0.1, -0.05) is 6.07 Å². The van der Waals surface area contributed by atoms with Crippen molar-refractivity contribution >= 4 is 47.8 Å². The molecule has 1 aromatic heterocycles.